The van der Waals surface area contributed by atoms with E-state index < -0.39 is 0 Å². The van der Waals surface area contributed by atoms with Crippen LogP contribution in [0.25, 0.3) is 0 Å². The maximum Gasteiger partial charge on any atom is 0.114 e. The first-order valence-electron chi connectivity index (χ1n) is 4.33. The van der Waals surface area contributed by atoms with Crippen LogP contribution in [-0.4, -0.2) is 11.6 Å². The number of pyridine rings is 1. The van der Waals surface area contributed by atoms with Crippen molar-refractivity contribution in [1.29, 1.82) is 0 Å². The summed E-state index contributed by atoms with van der Waals surface area (Å²) in [6, 6.07) is 2.06. The first-order chi connectivity index (χ1) is 5.76. The molecule has 2 heteroatoms. The van der Waals surface area contributed by atoms with Crippen molar-refractivity contribution in [2.45, 2.75) is 25.9 Å². The largest absolute Gasteiger partial charge is 0.365 e. The van der Waals surface area contributed by atoms with Crippen molar-refractivity contribution < 1.29 is 4.74 Å². The number of ether oxygens (including phenoxy) is 1. The van der Waals surface area contributed by atoms with Gasteiger partial charge in [-0.2, -0.15) is 0 Å². The summed E-state index contributed by atoms with van der Waals surface area (Å²) in [5.41, 5.74) is 2.60. The first kappa shape index (κ1) is 7.74. The molecular formula is C10H13NO. The van der Waals surface area contributed by atoms with E-state index in [0.29, 0.717) is 0 Å². The Balaban J connectivity index is 2.42. The fraction of sp³-hybridized carbons (Fsp3) is 0.500. The molecule has 0 aromatic carbocycles. The van der Waals surface area contributed by atoms with Crippen molar-refractivity contribution in [1.82, 2.24) is 4.98 Å². The monoisotopic (exact) mass is 163 g/mol. The lowest BCUT2D eigenvalue weighted by Crippen LogP contribution is -2.06. The summed E-state index contributed by atoms with van der Waals surface area (Å²) in [4.78, 5) is 4.10. The van der Waals surface area contributed by atoms with Gasteiger partial charge in [0.25, 0.3) is 0 Å². The highest BCUT2D eigenvalue weighted by molar-refractivity contribution is 5.32. The number of rotatable bonds is 2. The average Bonchev–Trinajstić information content (AvgIpc) is 2.85. The maximum atomic E-state index is 5.40. The molecule has 2 nitrogen and oxygen atoms in total. The Bertz CT molecular complexity index is 292. The van der Waals surface area contributed by atoms with Crippen molar-refractivity contribution in [2.24, 2.45) is 0 Å². The molecule has 1 aliphatic heterocycles. The molecule has 1 aromatic heterocycles. The number of epoxide rings is 1. The average molecular weight is 163 g/mol. The predicted molar refractivity (Wildman–Crippen MR) is 46.9 cm³/mol. The van der Waals surface area contributed by atoms with Crippen LogP contribution in [-0.2, 0) is 16.8 Å². The van der Waals surface area contributed by atoms with Gasteiger partial charge in [0.2, 0.25) is 0 Å². The molecule has 0 saturated carbocycles. The molecule has 64 valence electrons. The predicted octanol–water partition coefficient (Wildman–Crippen LogP) is 1.89. The van der Waals surface area contributed by atoms with Crippen LogP contribution in [0, 0.1) is 0 Å². The fourth-order valence-corrected chi connectivity index (χ4v) is 1.49. The van der Waals surface area contributed by atoms with Crippen molar-refractivity contribution in [3.05, 3.63) is 29.6 Å². The Hall–Kier alpha value is -0.890. The minimum atomic E-state index is -0.00567. The van der Waals surface area contributed by atoms with E-state index in [4.69, 9.17) is 4.74 Å². The molecule has 2 heterocycles. The zero-order valence-corrected chi connectivity index (χ0v) is 7.50. The third kappa shape index (κ3) is 1.12. The van der Waals surface area contributed by atoms with E-state index in [2.05, 4.69) is 24.9 Å². The number of hydrogen-bond acceptors (Lipinski definition) is 2. The fourth-order valence-electron chi connectivity index (χ4n) is 1.49. The molecule has 0 amide bonds. The lowest BCUT2D eigenvalue weighted by molar-refractivity contribution is 0.328. The number of hydrogen-bond donors (Lipinski definition) is 0. The Labute approximate surface area is 72.6 Å². The van der Waals surface area contributed by atoms with Crippen molar-refractivity contribution in [2.75, 3.05) is 6.61 Å². The minimum absolute atomic E-state index is 0.00567. The van der Waals surface area contributed by atoms with Crippen LogP contribution in [0.3, 0.4) is 0 Å². The van der Waals surface area contributed by atoms with Gasteiger partial charge in [0, 0.05) is 12.4 Å². The molecule has 1 unspecified atom stereocenters. The highest BCUT2D eigenvalue weighted by Gasteiger charge is 2.42. The first-order valence-corrected chi connectivity index (χ1v) is 4.33. The van der Waals surface area contributed by atoms with Crippen LogP contribution >= 0.6 is 0 Å². The Morgan fingerprint density at radius 2 is 2.42 bits per heavy atom. The SMILES string of the molecule is CCc1cnccc1C1(C)CO1. The van der Waals surface area contributed by atoms with Crippen molar-refractivity contribution in [3.8, 4) is 0 Å². The molecule has 12 heavy (non-hydrogen) atoms. The van der Waals surface area contributed by atoms with Gasteiger partial charge in [-0.05, 0) is 30.5 Å². The third-order valence-corrected chi connectivity index (χ3v) is 2.43. The highest BCUT2D eigenvalue weighted by Crippen LogP contribution is 2.39. The van der Waals surface area contributed by atoms with E-state index in [0.717, 1.165) is 13.0 Å². The van der Waals surface area contributed by atoms with Gasteiger partial charge >= 0.3 is 0 Å². The van der Waals surface area contributed by atoms with Crippen LogP contribution in [0.2, 0.25) is 0 Å². The molecule has 0 bridgehead atoms. The van der Waals surface area contributed by atoms with Crippen LogP contribution in [0.1, 0.15) is 25.0 Å². The summed E-state index contributed by atoms with van der Waals surface area (Å²) in [6.45, 7) is 5.12. The summed E-state index contributed by atoms with van der Waals surface area (Å²) in [7, 11) is 0. The zero-order chi connectivity index (χ0) is 8.60. The Kier molecular flexibility index (Phi) is 1.65. The van der Waals surface area contributed by atoms with Gasteiger partial charge in [-0.25, -0.2) is 0 Å². The van der Waals surface area contributed by atoms with E-state index in [1.54, 1.807) is 0 Å². The third-order valence-electron chi connectivity index (χ3n) is 2.43. The minimum Gasteiger partial charge on any atom is -0.365 e. The normalized spacial score (nSPS) is 27.2. The van der Waals surface area contributed by atoms with E-state index >= 15 is 0 Å². The highest BCUT2D eigenvalue weighted by atomic mass is 16.6. The van der Waals surface area contributed by atoms with Crippen LogP contribution in [0.15, 0.2) is 18.5 Å². The van der Waals surface area contributed by atoms with E-state index in [-0.39, 0.29) is 5.60 Å². The molecule has 1 aromatic rings. The van der Waals surface area contributed by atoms with E-state index in [9.17, 15) is 0 Å². The van der Waals surface area contributed by atoms with Gasteiger partial charge < -0.3 is 4.74 Å². The lowest BCUT2D eigenvalue weighted by Gasteiger charge is -2.09. The molecule has 1 saturated heterocycles. The van der Waals surface area contributed by atoms with Crippen molar-refractivity contribution in [3.63, 3.8) is 0 Å². The molecule has 2 rings (SSSR count). The van der Waals surface area contributed by atoms with Crippen LogP contribution < -0.4 is 0 Å². The topological polar surface area (TPSA) is 25.4 Å². The zero-order valence-electron chi connectivity index (χ0n) is 7.50. The second-order valence-corrected chi connectivity index (χ2v) is 3.41. The van der Waals surface area contributed by atoms with Gasteiger partial charge in [-0.15, -0.1) is 0 Å². The smallest absolute Gasteiger partial charge is 0.114 e. The number of nitrogens with zero attached hydrogens (tertiary/aromatic N) is 1. The van der Waals surface area contributed by atoms with Gasteiger partial charge in [0.05, 0.1) is 6.61 Å². The summed E-state index contributed by atoms with van der Waals surface area (Å²) >= 11 is 0. The van der Waals surface area contributed by atoms with Gasteiger partial charge in [0.1, 0.15) is 5.60 Å². The maximum absolute atomic E-state index is 5.40. The van der Waals surface area contributed by atoms with Crippen LogP contribution in [0.4, 0.5) is 0 Å². The second kappa shape index (κ2) is 2.56. The summed E-state index contributed by atoms with van der Waals surface area (Å²) in [5, 5.41) is 0. The molecular weight excluding hydrogens is 150 g/mol. The summed E-state index contributed by atoms with van der Waals surface area (Å²) in [6.07, 6.45) is 4.80. The number of aromatic nitrogens is 1. The molecule has 0 N–H and O–H groups in total. The van der Waals surface area contributed by atoms with Gasteiger partial charge in [0.15, 0.2) is 0 Å². The van der Waals surface area contributed by atoms with Crippen molar-refractivity contribution >= 4 is 0 Å². The quantitative estimate of drug-likeness (QED) is 0.622. The van der Waals surface area contributed by atoms with Gasteiger partial charge in [-0.1, -0.05) is 6.92 Å². The van der Waals surface area contributed by atoms with Gasteiger partial charge in [-0.3, -0.25) is 4.98 Å². The Morgan fingerprint density at radius 1 is 1.67 bits per heavy atom. The number of aryl methyl sites for hydroxylation is 1. The summed E-state index contributed by atoms with van der Waals surface area (Å²) in [5.74, 6) is 0. The lowest BCUT2D eigenvalue weighted by atomic mass is 9.97. The molecule has 1 fully saturated rings. The second-order valence-electron chi connectivity index (χ2n) is 3.41. The van der Waals surface area contributed by atoms with E-state index in [1.807, 2.05) is 12.4 Å². The molecule has 0 spiro atoms. The molecule has 1 atom stereocenters. The van der Waals surface area contributed by atoms with Crippen LogP contribution in [0.5, 0.6) is 0 Å². The molecule has 0 radical (unpaired) electrons. The molecule has 0 aliphatic carbocycles. The molecule has 1 aliphatic rings. The standard InChI is InChI=1S/C10H13NO/c1-3-8-6-11-5-4-9(8)10(2)7-12-10/h4-6H,3,7H2,1-2H3. The summed E-state index contributed by atoms with van der Waals surface area (Å²) < 4.78 is 5.40. The van der Waals surface area contributed by atoms with E-state index in [1.165, 1.54) is 11.1 Å². The Morgan fingerprint density at radius 3 is 3.00 bits per heavy atom.